The van der Waals surface area contributed by atoms with Crippen molar-refractivity contribution in [3.63, 3.8) is 0 Å². The van der Waals surface area contributed by atoms with E-state index in [1.807, 2.05) is 37.3 Å². The predicted octanol–water partition coefficient (Wildman–Crippen LogP) is 1.91. The van der Waals surface area contributed by atoms with Crippen LogP contribution in [0.5, 0.6) is 0 Å². The summed E-state index contributed by atoms with van der Waals surface area (Å²) < 4.78 is 0. The second kappa shape index (κ2) is 3.42. The summed E-state index contributed by atoms with van der Waals surface area (Å²) in [5.41, 5.74) is 1.83. The zero-order valence-corrected chi connectivity index (χ0v) is 8.10. The van der Waals surface area contributed by atoms with E-state index < -0.39 is 5.79 Å². The standard InChI is InChI=1S/C11H13NO2/c1-2-11(13)8-10(12-14-11)9-6-4-3-5-7-9/h3-7,13H,2,8H2,1H3. The molecule has 3 nitrogen and oxygen atoms in total. The first-order valence-corrected chi connectivity index (χ1v) is 4.76. The number of aliphatic hydroxyl groups is 1. The van der Waals surface area contributed by atoms with Gasteiger partial charge < -0.3 is 9.94 Å². The van der Waals surface area contributed by atoms with Crippen LogP contribution in [-0.4, -0.2) is 16.6 Å². The Morgan fingerprint density at radius 2 is 2.14 bits per heavy atom. The van der Waals surface area contributed by atoms with Crippen molar-refractivity contribution in [2.24, 2.45) is 5.16 Å². The first kappa shape index (κ1) is 9.21. The van der Waals surface area contributed by atoms with Crippen molar-refractivity contribution in [3.8, 4) is 0 Å². The summed E-state index contributed by atoms with van der Waals surface area (Å²) in [5.74, 6) is -1.09. The molecule has 1 heterocycles. The van der Waals surface area contributed by atoms with Gasteiger partial charge in [0.15, 0.2) is 0 Å². The summed E-state index contributed by atoms with van der Waals surface area (Å²) in [6.07, 6.45) is 1.01. The van der Waals surface area contributed by atoms with Gasteiger partial charge in [-0.25, -0.2) is 0 Å². The molecule has 1 unspecified atom stereocenters. The largest absolute Gasteiger partial charge is 0.360 e. The minimum absolute atomic E-state index is 0.466. The van der Waals surface area contributed by atoms with Crippen LogP contribution in [0.1, 0.15) is 25.3 Å². The van der Waals surface area contributed by atoms with Crippen LogP contribution in [0.25, 0.3) is 0 Å². The van der Waals surface area contributed by atoms with Crippen LogP contribution in [0.15, 0.2) is 35.5 Å². The molecule has 14 heavy (non-hydrogen) atoms. The Morgan fingerprint density at radius 1 is 1.43 bits per heavy atom. The smallest absolute Gasteiger partial charge is 0.239 e. The van der Waals surface area contributed by atoms with Crippen molar-refractivity contribution in [3.05, 3.63) is 35.9 Å². The lowest BCUT2D eigenvalue weighted by atomic mass is 10.0. The molecular formula is C11H13NO2. The average Bonchev–Trinajstić information content (AvgIpc) is 2.63. The highest BCUT2D eigenvalue weighted by atomic mass is 16.7. The summed E-state index contributed by atoms with van der Waals surface area (Å²) in [6.45, 7) is 1.88. The molecule has 0 aromatic heterocycles. The molecule has 2 rings (SSSR count). The molecule has 1 aliphatic heterocycles. The number of hydrogen-bond acceptors (Lipinski definition) is 3. The summed E-state index contributed by atoms with van der Waals surface area (Å²) in [5, 5.41) is 13.7. The third-order valence-electron chi connectivity index (χ3n) is 2.43. The van der Waals surface area contributed by atoms with E-state index in [1.165, 1.54) is 0 Å². The molecule has 0 spiro atoms. The Hall–Kier alpha value is -1.35. The van der Waals surface area contributed by atoms with Crippen LogP contribution in [0, 0.1) is 0 Å². The van der Waals surface area contributed by atoms with Gasteiger partial charge in [-0.05, 0) is 5.56 Å². The quantitative estimate of drug-likeness (QED) is 0.775. The van der Waals surface area contributed by atoms with Crippen LogP contribution >= 0.6 is 0 Å². The van der Waals surface area contributed by atoms with Gasteiger partial charge in [0.25, 0.3) is 0 Å². The van der Waals surface area contributed by atoms with E-state index >= 15 is 0 Å². The van der Waals surface area contributed by atoms with Gasteiger partial charge in [-0.15, -0.1) is 0 Å². The summed E-state index contributed by atoms with van der Waals surface area (Å²) >= 11 is 0. The maximum Gasteiger partial charge on any atom is 0.239 e. The lowest BCUT2D eigenvalue weighted by molar-refractivity contribution is -0.186. The van der Waals surface area contributed by atoms with Crippen LogP contribution in [0.2, 0.25) is 0 Å². The van der Waals surface area contributed by atoms with E-state index in [9.17, 15) is 5.11 Å². The van der Waals surface area contributed by atoms with Gasteiger partial charge >= 0.3 is 0 Å². The summed E-state index contributed by atoms with van der Waals surface area (Å²) in [6, 6.07) is 9.77. The second-order valence-electron chi connectivity index (χ2n) is 3.47. The van der Waals surface area contributed by atoms with E-state index in [2.05, 4.69) is 5.16 Å². The highest BCUT2D eigenvalue weighted by Crippen LogP contribution is 2.26. The maximum atomic E-state index is 9.79. The van der Waals surface area contributed by atoms with Crippen LogP contribution < -0.4 is 0 Å². The average molecular weight is 191 g/mol. The Bertz CT molecular complexity index is 348. The van der Waals surface area contributed by atoms with E-state index in [4.69, 9.17) is 4.84 Å². The van der Waals surface area contributed by atoms with Crippen molar-refractivity contribution in [1.29, 1.82) is 0 Å². The Morgan fingerprint density at radius 3 is 2.71 bits per heavy atom. The topological polar surface area (TPSA) is 41.8 Å². The Balaban J connectivity index is 2.17. The predicted molar refractivity (Wildman–Crippen MR) is 53.9 cm³/mol. The van der Waals surface area contributed by atoms with E-state index in [1.54, 1.807) is 0 Å². The fourth-order valence-electron chi connectivity index (χ4n) is 1.44. The van der Waals surface area contributed by atoms with E-state index in [0.29, 0.717) is 12.8 Å². The fraction of sp³-hybridized carbons (Fsp3) is 0.364. The molecule has 0 saturated heterocycles. The van der Waals surface area contributed by atoms with Gasteiger partial charge in [-0.2, -0.15) is 0 Å². The molecule has 3 heteroatoms. The van der Waals surface area contributed by atoms with Crippen molar-refractivity contribution < 1.29 is 9.94 Å². The molecule has 0 radical (unpaired) electrons. The molecule has 0 amide bonds. The number of nitrogens with zero attached hydrogens (tertiary/aromatic N) is 1. The molecule has 0 saturated carbocycles. The number of oxime groups is 1. The lowest BCUT2D eigenvalue weighted by Gasteiger charge is -2.16. The number of benzene rings is 1. The molecule has 1 aliphatic rings. The van der Waals surface area contributed by atoms with E-state index in [-0.39, 0.29) is 0 Å². The van der Waals surface area contributed by atoms with Crippen molar-refractivity contribution >= 4 is 5.71 Å². The molecule has 1 N–H and O–H groups in total. The highest BCUT2D eigenvalue weighted by Gasteiger charge is 2.35. The zero-order valence-electron chi connectivity index (χ0n) is 8.10. The van der Waals surface area contributed by atoms with Crippen LogP contribution in [0.4, 0.5) is 0 Å². The summed E-state index contributed by atoms with van der Waals surface area (Å²) in [4.78, 5) is 5.00. The molecular weight excluding hydrogens is 178 g/mol. The number of rotatable bonds is 2. The third-order valence-corrected chi connectivity index (χ3v) is 2.43. The highest BCUT2D eigenvalue weighted by molar-refractivity contribution is 6.01. The number of hydrogen-bond donors (Lipinski definition) is 1. The first-order valence-electron chi connectivity index (χ1n) is 4.76. The SMILES string of the molecule is CCC1(O)CC(c2ccccc2)=NO1. The minimum atomic E-state index is -1.09. The molecule has 0 bridgehead atoms. The third kappa shape index (κ3) is 1.63. The van der Waals surface area contributed by atoms with Crippen molar-refractivity contribution in [1.82, 2.24) is 0 Å². The van der Waals surface area contributed by atoms with Crippen LogP contribution in [0.3, 0.4) is 0 Å². The minimum Gasteiger partial charge on any atom is -0.360 e. The molecule has 1 aromatic carbocycles. The van der Waals surface area contributed by atoms with Gasteiger partial charge in [0.1, 0.15) is 0 Å². The fourth-order valence-corrected chi connectivity index (χ4v) is 1.44. The monoisotopic (exact) mass is 191 g/mol. The summed E-state index contributed by atoms with van der Waals surface area (Å²) in [7, 11) is 0. The molecule has 1 atom stereocenters. The Kier molecular flexibility index (Phi) is 2.25. The van der Waals surface area contributed by atoms with Crippen molar-refractivity contribution in [2.45, 2.75) is 25.6 Å². The molecule has 74 valence electrons. The second-order valence-corrected chi connectivity index (χ2v) is 3.47. The molecule has 1 aromatic rings. The maximum absolute atomic E-state index is 9.79. The van der Waals surface area contributed by atoms with Crippen LogP contribution in [-0.2, 0) is 4.84 Å². The van der Waals surface area contributed by atoms with Gasteiger partial charge in [0.05, 0.1) is 12.1 Å². The van der Waals surface area contributed by atoms with Crippen molar-refractivity contribution in [2.75, 3.05) is 0 Å². The van der Waals surface area contributed by atoms with Gasteiger partial charge in [-0.3, -0.25) is 0 Å². The van der Waals surface area contributed by atoms with Gasteiger partial charge in [-0.1, -0.05) is 42.4 Å². The first-order chi connectivity index (χ1) is 6.73. The Labute approximate surface area is 83.0 Å². The van der Waals surface area contributed by atoms with E-state index in [0.717, 1.165) is 11.3 Å². The van der Waals surface area contributed by atoms with Gasteiger partial charge in [0.2, 0.25) is 5.79 Å². The van der Waals surface area contributed by atoms with Gasteiger partial charge in [0, 0.05) is 6.42 Å². The zero-order chi connectivity index (χ0) is 10.0. The normalized spacial score (nSPS) is 25.7. The lowest BCUT2D eigenvalue weighted by Crippen LogP contribution is -2.27. The molecule has 0 fully saturated rings. The molecule has 0 aliphatic carbocycles.